The van der Waals surface area contributed by atoms with E-state index in [0.717, 1.165) is 16.9 Å². The maximum atomic E-state index is 12.7. The van der Waals surface area contributed by atoms with Crippen molar-refractivity contribution in [3.63, 3.8) is 0 Å². The molecule has 0 fully saturated rings. The number of nitrogens with zero attached hydrogens (tertiary/aromatic N) is 3. The molecule has 4 aromatic rings. The average Bonchev–Trinajstić information content (AvgIpc) is 3.32. The molecular formula is C20H16N4OS. The van der Waals surface area contributed by atoms with Gasteiger partial charge in [0.25, 0.3) is 5.91 Å². The highest BCUT2D eigenvalue weighted by Crippen LogP contribution is 2.25. The summed E-state index contributed by atoms with van der Waals surface area (Å²) in [6.07, 6.45) is 3.18. The van der Waals surface area contributed by atoms with Gasteiger partial charge in [-0.3, -0.25) is 14.7 Å². The van der Waals surface area contributed by atoms with Crippen LogP contribution in [-0.4, -0.2) is 20.4 Å². The van der Waals surface area contributed by atoms with Crippen molar-refractivity contribution >= 4 is 22.4 Å². The summed E-state index contributed by atoms with van der Waals surface area (Å²) in [5, 5.41) is 5.36. The van der Waals surface area contributed by atoms with Gasteiger partial charge in [0.2, 0.25) is 0 Å². The number of para-hydroxylation sites is 1. The van der Waals surface area contributed by atoms with Crippen LogP contribution in [0.2, 0.25) is 0 Å². The Morgan fingerprint density at radius 3 is 2.62 bits per heavy atom. The van der Waals surface area contributed by atoms with Crippen LogP contribution in [0.3, 0.4) is 0 Å². The Hall–Kier alpha value is -3.25. The Morgan fingerprint density at radius 2 is 1.85 bits per heavy atom. The number of anilines is 1. The third kappa shape index (κ3) is 3.27. The van der Waals surface area contributed by atoms with Crippen LogP contribution >= 0.6 is 11.3 Å². The second-order valence-corrected chi connectivity index (χ2v) is 6.70. The molecule has 6 heteroatoms. The summed E-state index contributed by atoms with van der Waals surface area (Å²) in [5.74, 6) is -0.240. The molecule has 4 rings (SSSR count). The fourth-order valence-electron chi connectivity index (χ4n) is 2.61. The minimum absolute atomic E-state index is 0.240. The number of amides is 1. The molecule has 0 radical (unpaired) electrons. The van der Waals surface area contributed by atoms with Crippen molar-refractivity contribution in [3.05, 3.63) is 83.8 Å². The zero-order chi connectivity index (χ0) is 17.9. The van der Waals surface area contributed by atoms with E-state index in [-0.39, 0.29) is 5.91 Å². The molecule has 0 unspecified atom stereocenters. The van der Waals surface area contributed by atoms with Crippen molar-refractivity contribution < 1.29 is 4.79 Å². The highest BCUT2D eigenvalue weighted by atomic mass is 32.1. The summed E-state index contributed by atoms with van der Waals surface area (Å²) in [4.78, 5) is 21.3. The molecule has 0 saturated carbocycles. The number of imidazole rings is 1. The summed E-state index contributed by atoms with van der Waals surface area (Å²) in [5.41, 5.74) is 4.42. The molecular weight excluding hydrogens is 344 g/mol. The molecule has 0 bridgehead atoms. The molecule has 5 nitrogen and oxygen atoms in total. The number of carbonyl (C=O) groups is 1. The maximum Gasteiger partial charge on any atom is 0.276 e. The van der Waals surface area contributed by atoms with E-state index in [4.69, 9.17) is 0 Å². The number of hydrogen-bond acceptors (Lipinski definition) is 4. The largest absolute Gasteiger partial charge is 0.296 e. The van der Waals surface area contributed by atoms with Gasteiger partial charge < -0.3 is 0 Å². The van der Waals surface area contributed by atoms with Gasteiger partial charge in [0, 0.05) is 16.6 Å². The van der Waals surface area contributed by atoms with E-state index in [0.29, 0.717) is 10.8 Å². The number of aryl methyl sites for hydroxylation is 1. The smallest absolute Gasteiger partial charge is 0.276 e. The molecule has 0 spiro atoms. The Labute approximate surface area is 155 Å². The van der Waals surface area contributed by atoms with Crippen molar-refractivity contribution in [1.29, 1.82) is 0 Å². The normalized spacial score (nSPS) is 10.7. The van der Waals surface area contributed by atoms with Crippen molar-refractivity contribution in [2.24, 2.45) is 0 Å². The molecule has 128 valence electrons. The van der Waals surface area contributed by atoms with Gasteiger partial charge in [0.05, 0.1) is 18.2 Å². The third-order valence-electron chi connectivity index (χ3n) is 3.98. The highest BCUT2D eigenvalue weighted by molar-refractivity contribution is 7.14. The second-order valence-electron chi connectivity index (χ2n) is 5.84. The standard InChI is InChI=1S/C20H16N4OS/c1-14-7-9-15(10-8-14)17-12-26-20(22-17)23-19(25)18-11-21-13-24(18)16-5-3-2-4-6-16/h2-13H,1H3,(H,22,23,25). The first-order valence-electron chi connectivity index (χ1n) is 8.12. The van der Waals surface area contributed by atoms with Gasteiger partial charge in [-0.25, -0.2) is 9.97 Å². The minimum atomic E-state index is -0.240. The lowest BCUT2D eigenvalue weighted by Crippen LogP contribution is -2.15. The predicted molar refractivity (Wildman–Crippen MR) is 104 cm³/mol. The zero-order valence-electron chi connectivity index (χ0n) is 14.1. The lowest BCUT2D eigenvalue weighted by molar-refractivity contribution is 0.102. The second kappa shape index (κ2) is 6.93. The van der Waals surface area contributed by atoms with Crippen LogP contribution < -0.4 is 5.32 Å². The fraction of sp³-hybridized carbons (Fsp3) is 0.0500. The van der Waals surface area contributed by atoms with E-state index in [1.807, 2.05) is 66.9 Å². The summed E-state index contributed by atoms with van der Waals surface area (Å²) >= 11 is 1.40. The predicted octanol–water partition coefficient (Wildman–Crippen LogP) is 4.56. The van der Waals surface area contributed by atoms with Gasteiger partial charge in [-0.2, -0.15) is 0 Å². The van der Waals surface area contributed by atoms with Crippen molar-refractivity contribution in [2.75, 3.05) is 5.32 Å². The van der Waals surface area contributed by atoms with Crippen LogP contribution in [-0.2, 0) is 0 Å². The van der Waals surface area contributed by atoms with Crippen LogP contribution in [0.15, 0.2) is 72.5 Å². The molecule has 0 aliphatic heterocycles. The topological polar surface area (TPSA) is 59.8 Å². The number of carbonyl (C=O) groups excluding carboxylic acids is 1. The molecule has 26 heavy (non-hydrogen) atoms. The number of rotatable bonds is 4. The van der Waals surface area contributed by atoms with E-state index in [1.165, 1.54) is 16.9 Å². The van der Waals surface area contributed by atoms with Crippen LogP contribution in [0.5, 0.6) is 0 Å². The quantitative estimate of drug-likeness (QED) is 0.580. The average molecular weight is 360 g/mol. The Balaban J connectivity index is 1.55. The van der Waals surface area contributed by atoms with E-state index in [2.05, 4.69) is 15.3 Å². The first-order chi connectivity index (χ1) is 12.7. The lowest BCUT2D eigenvalue weighted by Gasteiger charge is -2.07. The molecule has 0 saturated heterocycles. The molecule has 2 aromatic carbocycles. The number of hydrogen-bond donors (Lipinski definition) is 1. The molecule has 0 aliphatic carbocycles. The summed E-state index contributed by atoms with van der Waals surface area (Å²) in [6.45, 7) is 2.05. The van der Waals surface area contributed by atoms with Gasteiger partial charge in [-0.1, -0.05) is 48.0 Å². The van der Waals surface area contributed by atoms with Crippen LogP contribution in [0.1, 0.15) is 16.1 Å². The van der Waals surface area contributed by atoms with Crippen LogP contribution in [0.4, 0.5) is 5.13 Å². The maximum absolute atomic E-state index is 12.7. The zero-order valence-corrected chi connectivity index (χ0v) is 14.9. The summed E-state index contributed by atoms with van der Waals surface area (Å²) in [7, 11) is 0. The molecule has 2 aromatic heterocycles. The Kier molecular flexibility index (Phi) is 4.33. The van der Waals surface area contributed by atoms with Gasteiger partial charge in [0.1, 0.15) is 5.69 Å². The molecule has 1 amide bonds. The molecule has 1 N–H and O–H groups in total. The van der Waals surface area contributed by atoms with Gasteiger partial charge in [-0.15, -0.1) is 11.3 Å². The van der Waals surface area contributed by atoms with Crippen molar-refractivity contribution in [2.45, 2.75) is 6.92 Å². The number of benzene rings is 2. The fourth-order valence-corrected chi connectivity index (χ4v) is 3.32. The number of thiazole rings is 1. The van der Waals surface area contributed by atoms with Gasteiger partial charge >= 0.3 is 0 Å². The number of aromatic nitrogens is 3. The molecule has 0 aliphatic rings. The van der Waals surface area contributed by atoms with E-state index < -0.39 is 0 Å². The number of nitrogens with one attached hydrogen (secondary N) is 1. The van der Waals surface area contributed by atoms with Gasteiger partial charge in [0.15, 0.2) is 5.13 Å². The molecule has 2 heterocycles. The van der Waals surface area contributed by atoms with Crippen LogP contribution in [0, 0.1) is 6.92 Å². The Bertz CT molecular complexity index is 1040. The van der Waals surface area contributed by atoms with E-state index >= 15 is 0 Å². The lowest BCUT2D eigenvalue weighted by atomic mass is 10.1. The van der Waals surface area contributed by atoms with Crippen molar-refractivity contribution in [1.82, 2.24) is 14.5 Å². The Morgan fingerprint density at radius 1 is 1.08 bits per heavy atom. The summed E-state index contributed by atoms with van der Waals surface area (Å²) < 4.78 is 1.75. The van der Waals surface area contributed by atoms with E-state index in [1.54, 1.807) is 17.1 Å². The first kappa shape index (κ1) is 16.2. The monoisotopic (exact) mass is 360 g/mol. The van der Waals surface area contributed by atoms with Crippen LogP contribution in [0.25, 0.3) is 16.9 Å². The van der Waals surface area contributed by atoms with E-state index in [9.17, 15) is 4.79 Å². The van der Waals surface area contributed by atoms with Crippen molar-refractivity contribution in [3.8, 4) is 16.9 Å². The first-order valence-corrected chi connectivity index (χ1v) is 9.00. The minimum Gasteiger partial charge on any atom is -0.296 e. The third-order valence-corrected chi connectivity index (χ3v) is 4.74. The SMILES string of the molecule is Cc1ccc(-c2csc(NC(=O)c3cncn3-c3ccccc3)n2)cc1. The van der Waals surface area contributed by atoms with Gasteiger partial charge in [-0.05, 0) is 19.1 Å². The molecule has 0 atom stereocenters. The summed E-state index contributed by atoms with van der Waals surface area (Å²) in [6, 6.07) is 17.8. The highest BCUT2D eigenvalue weighted by Gasteiger charge is 2.15.